The molecule has 0 aromatic carbocycles. The molecule has 0 aromatic heterocycles. The molecule has 0 radical (unpaired) electrons. The second kappa shape index (κ2) is 78.5. The first-order chi connectivity index (χ1) is 5.83. The molecule has 0 unspecified atom stereocenters. The molecule has 0 bridgehead atoms. The van der Waals surface area contributed by atoms with Gasteiger partial charge in [-0.25, -0.2) is 0 Å². The van der Waals surface area contributed by atoms with Crippen molar-refractivity contribution >= 4 is 0 Å². The number of rotatable bonds is 2. The molecule has 13 heavy (non-hydrogen) atoms. The van der Waals surface area contributed by atoms with Gasteiger partial charge in [-0.2, -0.15) is 26.7 Å². The van der Waals surface area contributed by atoms with Gasteiger partial charge in [0.15, 0.2) is 0 Å². The van der Waals surface area contributed by atoms with Gasteiger partial charge in [-0.15, -0.1) is 0 Å². The van der Waals surface area contributed by atoms with Gasteiger partial charge in [0.1, 0.15) is 0 Å². The first-order valence-electron chi connectivity index (χ1n) is 4.83. The van der Waals surface area contributed by atoms with Gasteiger partial charge < -0.3 is 27.7 Å². The van der Waals surface area contributed by atoms with Gasteiger partial charge in [-0.1, -0.05) is 26.7 Å². The average Bonchev–Trinajstić information content (AvgIpc) is 2.23. The van der Waals surface area contributed by atoms with Crippen molar-refractivity contribution in [2.45, 2.75) is 53.4 Å². The van der Waals surface area contributed by atoms with Crippen LogP contribution in [0.3, 0.4) is 0 Å². The van der Waals surface area contributed by atoms with E-state index < -0.39 is 0 Å². The fourth-order valence-electron chi connectivity index (χ4n) is 0. The molecule has 0 atom stereocenters. The number of hydrogen-bond donors (Lipinski definition) is 0. The number of hydrogen-bond acceptors (Lipinski definition) is 0. The van der Waals surface area contributed by atoms with E-state index in [2.05, 4.69) is 41.5 Å². The standard InChI is InChI=1S/2C4H9.2C2H5.Ti/c2*1-3-4-2;2*1-2;/h2*1,3-4H2,2H3;2*1H2,2H3;/q4*-1;+4. The molecule has 1 heteroatoms. The van der Waals surface area contributed by atoms with Crippen molar-refractivity contribution in [1.29, 1.82) is 0 Å². The molecule has 0 aliphatic heterocycles. The third-order valence-electron chi connectivity index (χ3n) is 0.707. The summed E-state index contributed by atoms with van der Waals surface area (Å²) in [7, 11) is 0. The van der Waals surface area contributed by atoms with Crippen molar-refractivity contribution in [3.8, 4) is 0 Å². The summed E-state index contributed by atoms with van der Waals surface area (Å²) in [6.07, 6.45) is 4.56. The summed E-state index contributed by atoms with van der Waals surface area (Å²) in [5, 5.41) is 0. The van der Waals surface area contributed by atoms with E-state index in [0.717, 1.165) is 12.8 Å². The third kappa shape index (κ3) is 198. The Labute approximate surface area is 103 Å². The van der Waals surface area contributed by atoms with Gasteiger partial charge in [0.2, 0.25) is 0 Å². The first kappa shape index (κ1) is 29.2. The molecule has 0 aromatic rings. The van der Waals surface area contributed by atoms with Gasteiger partial charge in [-0.3, -0.25) is 0 Å². The van der Waals surface area contributed by atoms with Crippen LogP contribution in [0.4, 0.5) is 0 Å². The van der Waals surface area contributed by atoms with Crippen LogP contribution in [0.15, 0.2) is 0 Å². The summed E-state index contributed by atoms with van der Waals surface area (Å²) in [4.78, 5) is 0. The van der Waals surface area contributed by atoms with Crippen LogP contribution in [0.25, 0.3) is 0 Å². The normalized spacial score (nSPS) is 5.54. The minimum absolute atomic E-state index is 0. The summed E-state index contributed by atoms with van der Waals surface area (Å²) in [6.45, 7) is 21.4. The molecule has 0 spiro atoms. The minimum atomic E-state index is 0. The van der Waals surface area contributed by atoms with E-state index in [1.807, 2.05) is 0 Å². The maximum absolute atomic E-state index is 3.60. The van der Waals surface area contributed by atoms with Crippen molar-refractivity contribution in [3.05, 3.63) is 27.7 Å². The topological polar surface area (TPSA) is 0 Å². The van der Waals surface area contributed by atoms with Crippen molar-refractivity contribution < 1.29 is 21.7 Å². The Morgan fingerprint density at radius 3 is 0.769 bits per heavy atom. The number of unbranched alkanes of at least 4 members (excludes halogenated alkanes) is 2. The summed E-state index contributed by atoms with van der Waals surface area (Å²) in [6, 6.07) is 0. The van der Waals surface area contributed by atoms with Crippen LogP contribution in [0, 0.1) is 27.7 Å². The van der Waals surface area contributed by atoms with E-state index >= 15 is 0 Å². The van der Waals surface area contributed by atoms with E-state index in [1.165, 1.54) is 12.8 Å². The Morgan fingerprint density at radius 1 is 0.692 bits per heavy atom. The minimum Gasteiger partial charge on any atom is -0.346 e. The molecular formula is C12H28Ti. The van der Waals surface area contributed by atoms with E-state index in [0.29, 0.717) is 0 Å². The van der Waals surface area contributed by atoms with Crippen molar-refractivity contribution in [1.82, 2.24) is 0 Å². The van der Waals surface area contributed by atoms with Crippen LogP contribution < -0.4 is 0 Å². The van der Waals surface area contributed by atoms with Gasteiger partial charge in [-0.05, 0) is 0 Å². The molecule has 0 aliphatic rings. The summed E-state index contributed by atoms with van der Waals surface area (Å²) < 4.78 is 0. The van der Waals surface area contributed by atoms with Gasteiger partial charge in [0, 0.05) is 0 Å². The predicted molar refractivity (Wildman–Crippen MR) is 62.6 cm³/mol. The van der Waals surface area contributed by atoms with Gasteiger partial charge >= 0.3 is 21.7 Å². The maximum Gasteiger partial charge on any atom is 4.00 e. The van der Waals surface area contributed by atoms with E-state index in [-0.39, 0.29) is 21.7 Å². The fourth-order valence-corrected chi connectivity index (χ4v) is 0. The molecule has 0 amide bonds. The second-order valence-corrected chi connectivity index (χ2v) is 1.71. The van der Waals surface area contributed by atoms with Crippen molar-refractivity contribution in [2.24, 2.45) is 0 Å². The summed E-state index contributed by atoms with van der Waals surface area (Å²) >= 11 is 0. The second-order valence-electron chi connectivity index (χ2n) is 1.71. The Morgan fingerprint density at radius 2 is 0.769 bits per heavy atom. The molecule has 0 aliphatic carbocycles. The predicted octanol–water partition coefficient (Wildman–Crippen LogP) is 4.92. The van der Waals surface area contributed by atoms with E-state index in [1.54, 1.807) is 13.8 Å². The van der Waals surface area contributed by atoms with E-state index in [9.17, 15) is 0 Å². The Bertz CT molecular complexity index is 13.1. The molecule has 0 fully saturated rings. The zero-order valence-electron chi connectivity index (χ0n) is 10.2. The van der Waals surface area contributed by atoms with Crippen molar-refractivity contribution in [2.75, 3.05) is 0 Å². The zero-order chi connectivity index (χ0) is 10.8. The first-order valence-corrected chi connectivity index (χ1v) is 4.83. The Balaban J connectivity index is -0.0000000226. The molecule has 0 nitrogen and oxygen atoms in total. The summed E-state index contributed by atoms with van der Waals surface area (Å²) in [5.74, 6) is 0. The molecule has 0 saturated carbocycles. The molecular weight excluding hydrogens is 192 g/mol. The smallest absolute Gasteiger partial charge is 0.346 e. The van der Waals surface area contributed by atoms with Crippen LogP contribution >= 0.6 is 0 Å². The summed E-state index contributed by atoms with van der Waals surface area (Å²) in [5.41, 5.74) is 0. The van der Waals surface area contributed by atoms with Crippen LogP contribution in [0.5, 0.6) is 0 Å². The van der Waals surface area contributed by atoms with Gasteiger partial charge in [0.25, 0.3) is 0 Å². The molecule has 0 saturated heterocycles. The van der Waals surface area contributed by atoms with Crippen molar-refractivity contribution in [3.63, 3.8) is 0 Å². The quantitative estimate of drug-likeness (QED) is 0.457. The molecule has 0 rings (SSSR count). The van der Waals surface area contributed by atoms with Crippen LogP contribution in [-0.4, -0.2) is 0 Å². The molecule has 0 heterocycles. The molecule has 0 N–H and O–H groups in total. The molecule has 80 valence electrons. The largest absolute Gasteiger partial charge is 4.00 e. The van der Waals surface area contributed by atoms with Crippen LogP contribution in [0.1, 0.15) is 53.4 Å². The van der Waals surface area contributed by atoms with Crippen LogP contribution in [0.2, 0.25) is 0 Å². The Hall–Kier alpha value is 0.714. The van der Waals surface area contributed by atoms with E-state index in [4.69, 9.17) is 0 Å². The fraction of sp³-hybridized carbons (Fsp3) is 0.667. The Kier molecular flexibility index (Phi) is 176. The third-order valence-corrected chi connectivity index (χ3v) is 0.707. The zero-order valence-corrected chi connectivity index (χ0v) is 11.7. The van der Waals surface area contributed by atoms with Crippen LogP contribution in [-0.2, 0) is 21.7 Å². The van der Waals surface area contributed by atoms with Gasteiger partial charge in [0.05, 0.1) is 0 Å². The SMILES string of the molecule is [CH2-]C.[CH2-]C.[CH2-]CCC.[CH2-]CCC.[Ti+4]. The monoisotopic (exact) mass is 220 g/mol. The average molecular weight is 220 g/mol. The maximum atomic E-state index is 3.60.